The first-order valence-corrected chi connectivity index (χ1v) is 8.17. The minimum Gasteiger partial charge on any atom is -0.396 e. The molecule has 3 N–H and O–H groups in total. The normalized spacial score (nSPS) is 25.9. The van der Waals surface area contributed by atoms with Crippen molar-refractivity contribution in [1.82, 2.24) is 15.3 Å². The predicted octanol–water partition coefficient (Wildman–Crippen LogP) is 2.83. The first-order chi connectivity index (χ1) is 10.1. The summed E-state index contributed by atoms with van der Waals surface area (Å²) in [7, 11) is 0. The van der Waals surface area contributed by atoms with E-state index in [9.17, 15) is 4.79 Å². The highest BCUT2D eigenvalue weighted by molar-refractivity contribution is 7.21. The third-order valence-electron chi connectivity index (χ3n) is 4.50. The Bertz CT molecular complexity index is 669. The number of thiophene rings is 1. The van der Waals surface area contributed by atoms with Gasteiger partial charge in [0.2, 0.25) is 0 Å². The number of nitrogen functional groups attached to an aromatic ring is 1. The molecular weight excluding hydrogens is 284 g/mol. The van der Waals surface area contributed by atoms with Crippen LogP contribution in [-0.4, -0.2) is 21.9 Å². The van der Waals surface area contributed by atoms with Crippen LogP contribution in [0.3, 0.4) is 0 Å². The number of amides is 1. The molecule has 0 saturated heterocycles. The van der Waals surface area contributed by atoms with Crippen LogP contribution in [-0.2, 0) is 0 Å². The van der Waals surface area contributed by atoms with E-state index in [0.29, 0.717) is 26.8 Å². The average molecular weight is 304 g/mol. The van der Waals surface area contributed by atoms with E-state index in [1.807, 2.05) is 0 Å². The van der Waals surface area contributed by atoms with Crippen LogP contribution >= 0.6 is 11.3 Å². The van der Waals surface area contributed by atoms with Gasteiger partial charge in [0.05, 0.1) is 5.69 Å². The first-order valence-electron chi connectivity index (χ1n) is 7.36. The molecule has 3 unspecified atom stereocenters. The molecule has 0 spiro atoms. The molecule has 1 fully saturated rings. The number of rotatable bonds is 2. The second kappa shape index (κ2) is 5.60. The molecule has 21 heavy (non-hydrogen) atoms. The Hall–Kier alpha value is -1.69. The van der Waals surface area contributed by atoms with Crippen molar-refractivity contribution in [2.45, 2.75) is 39.2 Å². The van der Waals surface area contributed by atoms with Crippen LogP contribution in [0.5, 0.6) is 0 Å². The molecule has 1 aliphatic carbocycles. The Kier molecular flexibility index (Phi) is 3.80. The number of carbonyl (C=O) groups is 1. The van der Waals surface area contributed by atoms with Crippen LogP contribution in [0.2, 0.25) is 0 Å². The summed E-state index contributed by atoms with van der Waals surface area (Å²) in [5.41, 5.74) is 7.11. The van der Waals surface area contributed by atoms with E-state index in [4.69, 9.17) is 5.73 Å². The third kappa shape index (κ3) is 2.72. The van der Waals surface area contributed by atoms with E-state index in [1.165, 1.54) is 11.3 Å². The molecule has 1 aliphatic rings. The second-order valence-electron chi connectivity index (χ2n) is 5.99. The molecule has 2 heterocycles. The van der Waals surface area contributed by atoms with Crippen molar-refractivity contribution in [1.29, 1.82) is 0 Å². The van der Waals surface area contributed by atoms with Crippen molar-refractivity contribution < 1.29 is 4.79 Å². The average Bonchev–Trinajstić information content (AvgIpc) is 2.81. The van der Waals surface area contributed by atoms with E-state index >= 15 is 0 Å². The van der Waals surface area contributed by atoms with Crippen LogP contribution in [0.25, 0.3) is 10.3 Å². The van der Waals surface area contributed by atoms with Crippen LogP contribution in [0.15, 0.2) is 12.4 Å². The predicted molar refractivity (Wildman–Crippen MR) is 85.3 cm³/mol. The molecule has 3 rings (SSSR count). The quantitative estimate of drug-likeness (QED) is 0.894. The second-order valence-corrected chi connectivity index (χ2v) is 6.99. The monoisotopic (exact) mass is 304 g/mol. The molecule has 112 valence electrons. The SMILES string of the molecule is CC1CCC(NC(=O)c2sc3nccnc3c2N)CC1C. The zero-order valence-electron chi connectivity index (χ0n) is 12.3. The lowest BCUT2D eigenvalue weighted by Gasteiger charge is -2.32. The Balaban J connectivity index is 1.77. The van der Waals surface area contributed by atoms with Crippen LogP contribution in [0.1, 0.15) is 42.8 Å². The summed E-state index contributed by atoms with van der Waals surface area (Å²) < 4.78 is 0. The van der Waals surface area contributed by atoms with Gasteiger partial charge in [0.15, 0.2) is 0 Å². The number of hydrogen-bond donors (Lipinski definition) is 2. The van der Waals surface area contributed by atoms with Gasteiger partial charge in [-0.05, 0) is 31.1 Å². The molecule has 0 bridgehead atoms. The van der Waals surface area contributed by atoms with E-state index < -0.39 is 0 Å². The maximum absolute atomic E-state index is 12.5. The van der Waals surface area contributed by atoms with Gasteiger partial charge in [-0.3, -0.25) is 4.79 Å². The molecule has 0 aliphatic heterocycles. The van der Waals surface area contributed by atoms with Crippen molar-refractivity contribution in [2.75, 3.05) is 5.73 Å². The van der Waals surface area contributed by atoms with Gasteiger partial charge in [-0.25, -0.2) is 9.97 Å². The lowest BCUT2D eigenvalue weighted by atomic mass is 9.79. The van der Waals surface area contributed by atoms with Gasteiger partial charge >= 0.3 is 0 Å². The van der Waals surface area contributed by atoms with E-state index in [2.05, 4.69) is 29.1 Å². The van der Waals surface area contributed by atoms with Crippen molar-refractivity contribution >= 4 is 33.3 Å². The minimum absolute atomic E-state index is 0.0935. The fourth-order valence-corrected chi connectivity index (χ4v) is 3.87. The summed E-state index contributed by atoms with van der Waals surface area (Å²) in [6, 6.07) is 0.245. The zero-order chi connectivity index (χ0) is 15.0. The molecule has 0 radical (unpaired) electrons. The summed E-state index contributed by atoms with van der Waals surface area (Å²) in [5, 5.41) is 3.12. The highest BCUT2D eigenvalue weighted by atomic mass is 32.1. The van der Waals surface area contributed by atoms with E-state index in [1.54, 1.807) is 12.4 Å². The highest BCUT2D eigenvalue weighted by Gasteiger charge is 2.27. The number of anilines is 1. The van der Waals surface area contributed by atoms with Crippen LogP contribution in [0, 0.1) is 11.8 Å². The molecule has 0 aromatic carbocycles. The van der Waals surface area contributed by atoms with Crippen LogP contribution in [0.4, 0.5) is 5.69 Å². The van der Waals surface area contributed by atoms with Gasteiger partial charge in [-0.2, -0.15) is 0 Å². The van der Waals surface area contributed by atoms with Gasteiger partial charge in [0, 0.05) is 18.4 Å². The fraction of sp³-hybridized carbons (Fsp3) is 0.533. The Morgan fingerprint density at radius 3 is 2.76 bits per heavy atom. The molecule has 2 aromatic heterocycles. The smallest absolute Gasteiger partial charge is 0.263 e. The fourth-order valence-electron chi connectivity index (χ4n) is 2.94. The maximum Gasteiger partial charge on any atom is 0.263 e. The van der Waals surface area contributed by atoms with E-state index in [0.717, 1.165) is 25.2 Å². The molecule has 2 aromatic rings. The molecular formula is C15H20N4OS. The standard InChI is InChI=1S/C15H20N4OS/c1-8-3-4-10(7-9(8)2)19-14(20)13-11(16)12-15(21-13)18-6-5-17-12/h5-6,8-10H,3-4,7,16H2,1-2H3,(H,19,20). The Labute approximate surface area is 128 Å². The number of nitrogens with two attached hydrogens (primary N) is 1. The molecule has 1 saturated carbocycles. The molecule has 6 heteroatoms. The zero-order valence-corrected chi connectivity index (χ0v) is 13.1. The lowest BCUT2D eigenvalue weighted by Crippen LogP contribution is -2.39. The molecule has 5 nitrogen and oxygen atoms in total. The van der Waals surface area contributed by atoms with Gasteiger partial charge in [0.1, 0.15) is 15.2 Å². The number of fused-ring (bicyclic) bond motifs is 1. The lowest BCUT2D eigenvalue weighted by molar-refractivity contribution is 0.0915. The van der Waals surface area contributed by atoms with Crippen LogP contribution < -0.4 is 11.1 Å². The van der Waals surface area contributed by atoms with E-state index in [-0.39, 0.29) is 11.9 Å². The first kappa shape index (κ1) is 14.3. The third-order valence-corrected chi connectivity index (χ3v) is 5.60. The van der Waals surface area contributed by atoms with Crippen molar-refractivity contribution in [3.05, 3.63) is 17.3 Å². The highest BCUT2D eigenvalue weighted by Crippen LogP contribution is 2.32. The summed E-state index contributed by atoms with van der Waals surface area (Å²) >= 11 is 1.31. The summed E-state index contributed by atoms with van der Waals surface area (Å²) in [6.07, 6.45) is 6.45. The molecule has 1 amide bonds. The Morgan fingerprint density at radius 1 is 1.29 bits per heavy atom. The van der Waals surface area contributed by atoms with Gasteiger partial charge < -0.3 is 11.1 Å². The summed E-state index contributed by atoms with van der Waals surface area (Å²) in [6.45, 7) is 4.54. The van der Waals surface area contributed by atoms with Crippen molar-refractivity contribution in [3.8, 4) is 0 Å². The van der Waals surface area contributed by atoms with Gasteiger partial charge in [-0.15, -0.1) is 11.3 Å². The Morgan fingerprint density at radius 2 is 2.05 bits per heavy atom. The molecule has 3 atom stereocenters. The largest absolute Gasteiger partial charge is 0.396 e. The van der Waals surface area contributed by atoms with Gasteiger partial charge in [0.25, 0.3) is 5.91 Å². The summed E-state index contributed by atoms with van der Waals surface area (Å²) in [4.78, 5) is 22.1. The minimum atomic E-state index is -0.0935. The number of nitrogens with one attached hydrogen (secondary N) is 1. The number of aromatic nitrogens is 2. The summed E-state index contributed by atoms with van der Waals surface area (Å²) in [5.74, 6) is 1.29. The number of nitrogens with zero attached hydrogens (tertiary/aromatic N) is 2. The van der Waals surface area contributed by atoms with Crippen molar-refractivity contribution in [2.24, 2.45) is 11.8 Å². The van der Waals surface area contributed by atoms with Gasteiger partial charge in [-0.1, -0.05) is 13.8 Å². The van der Waals surface area contributed by atoms with Crippen molar-refractivity contribution in [3.63, 3.8) is 0 Å². The maximum atomic E-state index is 12.5. The topological polar surface area (TPSA) is 80.9 Å². The number of carbonyl (C=O) groups excluding carboxylic acids is 1. The number of hydrogen-bond acceptors (Lipinski definition) is 5.